The van der Waals surface area contributed by atoms with Crippen molar-refractivity contribution in [3.8, 4) is 0 Å². The number of hydrogen-bond acceptors (Lipinski definition) is 4. The van der Waals surface area contributed by atoms with Crippen molar-refractivity contribution in [2.75, 3.05) is 13.2 Å². The predicted molar refractivity (Wildman–Crippen MR) is 62.0 cm³/mol. The SMILES string of the molecule is CCCCCOCCCCCn1cnnn1. The fourth-order valence-corrected chi connectivity index (χ4v) is 1.49. The molecule has 0 radical (unpaired) electrons. The summed E-state index contributed by atoms with van der Waals surface area (Å²) >= 11 is 0. The number of hydrogen-bond donors (Lipinski definition) is 0. The van der Waals surface area contributed by atoms with E-state index in [1.54, 1.807) is 11.0 Å². The highest BCUT2D eigenvalue weighted by atomic mass is 16.5. The van der Waals surface area contributed by atoms with Gasteiger partial charge in [0.15, 0.2) is 0 Å². The largest absolute Gasteiger partial charge is 0.381 e. The molecule has 92 valence electrons. The van der Waals surface area contributed by atoms with E-state index >= 15 is 0 Å². The van der Waals surface area contributed by atoms with Crippen LogP contribution in [0.15, 0.2) is 6.33 Å². The Balaban J connectivity index is 1.78. The molecule has 1 aromatic rings. The Labute approximate surface area is 97.2 Å². The van der Waals surface area contributed by atoms with Gasteiger partial charge in [0.05, 0.1) is 0 Å². The highest BCUT2D eigenvalue weighted by molar-refractivity contribution is 4.48. The Morgan fingerprint density at radius 2 is 1.88 bits per heavy atom. The maximum absolute atomic E-state index is 5.53. The van der Waals surface area contributed by atoms with E-state index in [9.17, 15) is 0 Å². The molecule has 0 amide bonds. The lowest BCUT2D eigenvalue weighted by molar-refractivity contribution is 0.126. The number of aromatic nitrogens is 4. The summed E-state index contributed by atoms with van der Waals surface area (Å²) < 4.78 is 7.29. The van der Waals surface area contributed by atoms with E-state index in [4.69, 9.17) is 4.74 Å². The standard InChI is InChI=1S/C11H22N4O/c1-2-3-6-9-16-10-7-4-5-8-15-11-12-13-14-15/h11H,2-10H2,1H3. The fourth-order valence-electron chi connectivity index (χ4n) is 1.49. The van der Waals surface area contributed by atoms with Crippen LogP contribution in [0, 0.1) is 0 Å². The molecular formula is C11H22N4O. The van der Waals surface area contributed by atoms with Crippen molar-refractivity contribution in [3.63, 3.8) is 0 Å². The van der Waals surface area contributed by atoms with Crippen molar-refractivity contribution in [1.82, 2.24) is 20.2 Å². The second-order valence-electron chi connectivity index (χ2n) is 3.95. The zero-order valence-electron chi connectivity index (χ0n) is 10.1. The molecular weight excluding hydrogens is 204 g/mol. The van der Waals surface area contributed by atoms with E-state index in [-0.39, 0.29) is 0 Å². The van der Waals surface area contributed by atoms with Crippen LogP contribution in [0.3, 0.4) is 0 Å². The van der Waals surface area contributed by atoms with Gasteiger partial charge >= 0.3 is 0 Å². The third-order valence-electron chi connectivity index (χ3n) is 2.46. The van der Waals surface area contributed by atoms with Gasteiger partial charge in [0, 0.05) is 19.8 Å². The van der Waals surface area contributed by atoms with Crippen LogP contribution >= 0.6 is 0 Å². The first-order valence-electron chi connectivity index (χ1n) is 6.22. The predicted octanol–water partition coefficient (Wildman–Crippen LogP) is 2.05. The van der Waals surface area contributed by atoms with Crippen LogP contribution < -0.4 is 0 Å². The first-order valence-corrected chi connectivity index (χ1v) is 6.22. The van der Waals surface area contributed by atoms with Gasteiger partial charge in [-0.25, -0.2) is 4.68 Å². The van der Waals surface area contributed by atoms with Crippen molar-refractivity contribution < 1.29 is 4.74 Å². The van der Waals surface area contributed by atoms with Crippen LogP contribution in [-0.4, -0.2) is 33.4 Å². The van der Waals surface area contributed by atoms with Gasteiger partial charge in [0.2, 0.25) is 0 Å². The Hall–Kier alpha value is -0.970. The molecule has 0 aliphatic heterocycles. The van der Waals surface area contributed by atoms with Gasteiger partial charge < -0.3 is 4.74 Å². The highest BCUT2D eigenvalue weighted by Gasteiger charge is 1.94. The molecule has 0 saturated carbocycles. The molecule has 5 nitrogen and oxygen atoms in total. The second kappa shape index (κ2) is 9.27. The molecule has 0 aromatic carbocycles. The van der Waals surface area contributed by atoms with Gasteiger partial charge in [-0.3, -0.25) is 0 Å². The van der Waals surface area contributed by atoms with E-state index in [1.165, 1.54) is 25.7 Å². The summed E-state index contributed by atoms with van der Waals surface area (Å²) in [5.74, 6) is 0. The van der Waals surface area contributed by atoms with Crippen LogP contribution in [0.1, 0.15) is 45.4 Å². The summed E-state index contributed by atoms with van der Waals surface area (Å²) in [5.41, 5.74) is 0. The summed E-state index contributed by atoms with van der Waals surface area (Å²) in [6, 6.07) is 0. The van der Waals surface area contributed by atoms with Gasteiger partial charge in [-0.05, 0) is 36.1 Å². The summed E-state index contributed by atoms with van der Waals surface area (Å²) in [6.07, 6.45) is 8.81. The van der Waals surface area contributed by atoms with E-state index in [1.807, 2.05) is 0 Å². The van der Waals surface area contributed by atoms with Crippen LogP contribution in [0.25, 0.3) is 0 Å². The summed E-state index contributed by atoms with van der Waals surface area (Å²) in [6.45, 7) is 4.92. The summed E-state index contributed by atoms with van der Waals surface area (Å²) in [7, 11) is 0. The van der Waals surface area contributed by atoms with Crippen LogP contribution in [0.4, 0.5) is 0 Å². The molecule has 0 saturated heterocycles. The minimum Gasteiger partial charge on any atom is -0.381 e. The van der Waals surface area contributed by atoms with Crippen molar-refractivity contribution >= 4 is 0 Å². The van der Waals surface area contributed by atoms with Crippen LogP contribution in [-0.2, 0) is 11.3 Å². The highest BCUT2D eigenvalue weighted by Crippen LogP contribution is 1.99. The summed E-state index contributed by atoms with van der Waals surface area (Å²) in [5, 5.41) is 11.0. The molecule has 0 fully saturated rings. The van der Waals surface area contributed by atoms with Crippen LogP contribution in [0.5, 0.6) is 0 Å². The molecule has 0 aliphatic rings. The molecule has 1 heterocycles. The van der Waals surface area contributed by atoms with E-state index in [0.29, 0.717) is 0 Å². The zero-order chi connectivity index (χ0) is 11.5. The molecule has 0 aliphatic carbocycles. The maximum atomic E-state index is 5.53. The molecule has 16 heavy (non-hydrogen) atoms. The lowest BCUT2D eigenvalue weighted by atomic mass is 10.2. The Kier molecular flexibility index (Phi) is 7.59. The quantitative estimate of drug-likeness (QED) is 0.573. The number of tetrazole rings is 1. The lowest BCUT2D eigenvalue weighted by Crippen LogP contribution is -2.01. The topological polar surface area (TPSA) is 52.8 Å². The van der Waals surface area contributed by atoms with Gasteiger partial charge in [-0.2, -0.15) is 0 Å². The van der Waals surface area contributed by atoms with Crippen LogP contribution in [0.2, 0.25) is 0 Å². The molecule has 0 N–H and O–H groups in total. The van der Waals surface area contributed by atoms with Gasteiger partial charge in [0.1, 0.15) is 6.33 Å². The monoisotopic (exact) mass is 226 g/mol. The third-order valence-corrected chi connectivity index (χ3v) is 2.46. The van der Waals surface area contributed by atoms with Gasteiger partial charge in [-0.1, -0.05) is 19.8 Å². The molecule has 5 heteroatoms. The van der Waals surface area contributed by atoms with Crippen molar-refractivity contribution in [2.24, 2.45) is 0 Å². The van der Waals surface area contributed by atoms with Crippen molar-refractivity contribution in [2.45, 2.75) is 52.0 Å². The van der Waals surface area contributed by atoms with Crippen molar-refractivity contribution in [3.05, 3.63) is 6.33 Å². The Morgan fingerprint density at radius 3 is 2.56 bits per heavy atom. The first kappa shape index (κ1) is 13.1. The average Bonchev–Trinajstić information content (AvgIpc) is 2.80. The second-order valence-corrected chi connectivity index (χ2v) is 3.95. The lowest BCUT2D eigenvalue weighted by Gasteiger charge is -2.03. The van der Waals surface area contributed by atoms with Crippen molar-refractivity contribution in [1.29, 1.82) is 0 Å². The number of unbranched alkanes of at least 4 members (excludes halogenated alkanes) is 4. The molecule has 0 spiro atoms. The molecule has 0 unspecified atom stereocenters. The van der Waals surface area contributed by atoms with E-state index < -0.39 is 0 Å². The molecule has 0 bridgehead atoms. The Bertz CT molecular complexity index is 238. The number of ether oxygens (including phenoxy) is 1. The molecule has 1 aromatic heterocycles. The summed E-state index contributed by atoms with van der Waals surface area (Å²) in [4.78, 5) is 0. The normalized spacial score (nSPS) is 10.8. The minimum atomic E-state index is 0.888. The third kappa shape index (κ3) is 6.50. The molecule has 0 atom stereocenters. The molecule has 1 rings (SSSR count). The van der Waals surface area contributed by atoms with E-state index in [2.05, 4.69) is 22.4 Å². The number of rotatable bonds is 10. The first-order chi connectivity index (χ1) is 7.93. The van der Waals surface area contributed by atoms with E-state index in [0.717, 1.165) is 32.6 Å². The average molecular weight is 226 g/mol. The maximum Gasteiger partial charge on any atom is 0.138 e. The van der Waals surface area contributed by atoms with Gasteiger partial charge in [0.25, 0.3) is 0 Å². The van der Waals surface area contributed by atoms with Gasteiger partial charge in [-0.15, -0.1) is 5.10 Å². The fraction of sp³-hybridized carbons (Fsp3) is 0.909. The zero-order valence-corrected chi connectivity index (χ0v) is 10.1. The number of nitrogens with zero attached hydrogens (tertiary/aromatic N) is 4. The minimum absolute atomic E-state index is 0.888. The smallest absolute Gasteiger partial charge is 0.138 e. The Morgan fingerprint density at radius 1 is 1.06 bits per heavy atom. The number of aryl methyl sites for hydroxylation is 1.